The van der Waals surface area contributed by atoms with Crippen molar-refractivity contribution < 1.29 is 13.9 Å². The van der Waals surface area contributed by atoms with Gasteiger partial charge in [0.15, 0.2) is 11.6 Å². The zero-order chi connectivity index (χ0) is 13.1. The minimum absolute atomic E-state index is 0.133. The Morgan fingerprint density at radius 3 is 2.61 bits per heavy atom. The zero-order valence-electron chi connectivity index (χ0n) is 11.1. The van der Waals surface area contributed by atoms with Crippen LogP contribution in [-0.4, -0.2) is 26.4 Å². The van der Waals surface area contributed by atoms with Gasteiger partial charge in [-0.05, 0) is 37.5 Å². The van der Waals surface area contributed by atoms with Gasteiger partial charge in [-0.25, -0.2) is 4.39 Å². The first kappa shape index (κ1) is 13.3. The molecule has 1 fully saturated rings. The fourth-order valence-electron chi connectivity index (χ4n) is 2.30. The van der Waals surface area contributed by atoms with E-state index >= 15 is 0 Å². The summed E-state index contributed by atoms with van der Waals surface area (Å²) in [5, 5.41) is 3.47. The summed E-state index contributed by atoms with van der Waals surface area (Å²) in [6.07, 6.45) is 2.43. The highest BCUT2D eigenvalue weighted by Crippen LogP contribution is 2.27. The minimum Gasteiger partial charge on any atom is -0.494 e. The molecule has 1 aromatic rings. The number of methoxy groups -OCH3 is 2. The molecule has 1 aliphatic carbocycles. The number of ether oxygens (including phenoxy) is 2. The molecule has 1 aromatic carbocycles. The Kier molecular flexibility index (Phi) is 4.19. The van der Waals surface area contributed by atoms with E-state index in [1.54, 1.807) is 13.2 Å². The summed E-state index contributed by atoms with van der Waals surface area (Å²) in [4.78, 5) is 0. The lowest BCUT2D eigenvalue weighted by atomic mass is 9.88. The molecular weight excluding hydrogens is 233 g/mol. The quantitative estimate of drug-likeness (QED) is 0.875. The molecular formula is C14H20FNO2. The maximum atomic E-state index is 13.6. The Balaban J connectivity index is 1.93. The Hall–Kier alpha value is -1.13. The third kappa shape index (κ3) is 2.82. The number of hydrogen-bond acceptors (Lipinski definition) is 3. The van der Waals surface area contributed by atoms with Gasteiger partial charge in [0.1, 0.15) is 0 Å². The summed E-state index contributed by atoms with van der Waals surface area (Å²) in [6.45, 7) is 2.04. The zero-order valence-corrected chi connectivity index (χ0v) is 11.1. The van der Waals surface area contributed by atoms with Crippen molar-refractivity contribution in [2.24, 2.45) is 0 Å². The summed E-state index contributed by atoms with van der Waals surface area (Å²) in [6, 6.07) is 5.69. The van der Waals surface area contributed by atoms with Crippen LogP contribution in [0.25, 0.3) is 0 Å². The first-order chi connectivity index (χ1) is 8.63. The van der Waals surface area contributed by atoms with E-state index < -0.39 is 0 Å². The third-order valence-electron chi connectivity index (χ3n) is 3.59. The van der Waals surface area contributed by atoms with Gasteiger partial charge in [-0.2, -0.15) is 0 Å². The molecule has 3 nitrogen and oxygen atoms in total. The van der Waals surface area contributed by atoms with Crippen LogP contribution in [-0.2, 0) is 4.74 Å². The second-order valence-corrected chi connectivity index (χ2v) is 4.81. The van der Waals surface area contributed by atoms with Gasteiger partial charge < -0.3 is 14.8 Å². The predicted octanol–water partition coefficient (Wildman–Crippen LogP) is 2.66. The fraction of sp³-hybridized carbons (Fsp3) is 0.571. The van der Waals surface area contributed by atoms with Crippen LogP contribution in [0.3, 0.4) is 0 Å². The molecule has 1 N–H and O–H groups in total. The highest BCUT2D eigenvalue weighted by atomic mass is 19.1. The van der Waals surface area contributed by atoms with E-state index in [1.165, 1.54) is 13.2 Å². The van der Waals surface area contributed by atoms with Crippen LogP contribution in [0.5, 0.6) is 5.75 Å². The van der Waals surface area contributed by atoms with E-state index in [9.17, 15) is 4.39 Å². The molecule has 0 amide bonds. The second-order valence-electron chi connectivity index (χ2n) is 4.81. The van der Waals surface area contributed by atoms with E-state index in [0.29, 0.717) is 12.1 Å². The first-order valence-electron chi connectivity index (χ1n) is 6.26. The molecule has 0 heterocycles. The molecule has 2 rings (SSSR count). The smallest absolute Gasteiger partial charge is 0.165 e. The molecule has 18 heavy (non-hydrogen) atoms. The van der Waals surface area contributed by atoms with Crippen molar-refractivity contribution in [3.05, 3.63) is 29.6 Å². The van der Waals surface area contributed by atoms with Crippen molar-refractivity contribution in [3.63, 3.8) is 0 Å². The molecule has 100 valence electrons. The van der Waals surface area contributed by atoms with Crippen LogP contribution in [0.2, 0.25) is 0 Å². The SMILES string of the molecule is COc1ccc(C(C)NC2CC(OC)C2)cc1F. The predicted molar refractivity (Wildman–Crippen MR) is 68.3 cm³/mol. The van der Waals surface area contributed by atoms with E-state index in [2.05, 4.69) is 5.32 Å². The molecule has 1 atom stereocenters. The first-order valence-corrected chi connectivity index (χ1v) is 6.26. The maximum Gasteiger partial charge on any atom is 0.165 e. The monoisotopic (exact) mass is 253 g/mol. The Morgan fingerprint density at radius 2 is 2.06 bits per heavy atom. The van der Waals surface area contributed by atoms with Gasteiger partial charge in [-0.3, -0.25) is 0 Å². The summed E-state index contributed by atoms with van der Waals surface area (Å²) in [7, 11) is 3.21. The number of hydrogen-bond donors (Lipinski definition) is 1. The van der Waals surface area contributed by atoms with Gasteiger partial charge in [-0.15, -0.1) is 0 Å². The van der Waals surface area contributed by atoms with Crippen LogP contribution < -0.4 is 10.1 Å². The maximum absolute atomic E-state index is 13.6. The van der Waals surface area contributed by atoms with Gasteiger partial charge in [0, 0.05) is 19.2 Å². The third-order valence-corrected chi connectivity index (χ3v) is 3.59. The molecule has 1 saturated carbocycles. The Labute approximate surface area is 107 Å². The van der Waals surface area contributed by atoms with Crippen molar-refractivity contribution in [1.29, 1.82) is 0 Å². The van der Waals surface area contributed by atoms with E-state index in [0.717, 1.165) is 18.4 Å². The van der Waals surface area contributed by atoms with Crippen LogP contribution in [0.1, 0.15) is 31.4 Å². The Bertz CT molecular complexity index is 405. The van der Waals surface area contributed by atoms with E-state index in [1.807, 2.05) is 13.0 Å². The van der Waals surface area contributed by atoms with Crippen LogP contribution in [0.15, 0.2) is 18.2 Å². The normalized spacial score (nSPS) is 24.4. The minimum atomic E-state index is -0.313. The molecule has 0 aliphatic heterocycles. The molecule has 1 aliphatic rings. The lowest BCUT2D eigenvalue weighted by Crippen LogP contribution is -2.45. The summed E-state index contributed by atoms with van der Waals surface area (Å²) >= 11 is 0. The van der Waals surface area contributed by atoms with Gasteiger partial charge in [0.05, 0.1) is 13.2 Å². The van der Waals surface area contributed by atoms with Gasteiger partial charge in [0.2, 0.25) is 0 Å². The standard InChI is InChI=1S/C14H20FNO2/c1-9(16-11-7-12(8-11)17-2)10-4-5-14(18-3)13(15)6-10/h4-6,9,11-12,16H,7-8H2,1-3H3. The summed E-state index contributed by atoms with van der Waals surface area (Å²) in [5.74, 6) is -0.0268. The lowest BCUT2D eigenvalue weighted by Gasteiger charge is -2.36. The highest BCUT2D eigenvalue weighted by molar-refractivity contribution is 5.30. The van der Waals surface area contributed by atoms with Crippen LogP contribution >= 0.6 is 0 Å². The van der Waals surface area contributed by atoms with Crippen molar-refractivity contribution in [2.45, 2.75) is 38.0 Å². The van der Waals surface area contributed by atoms with Gasteiger partial charge in [-0.1, -0.05) is 6.07 Å². The molecule has 0 radical (unpaired) electrons. The molecule has 1 unspecified atom stereocenters. The number of benzene rings is 1. The number of nitrogens with one attached hydrogen (secondary N) is 1. The fourth-order valence-corrected chi connectivity index (χ4v) is 2.30. The molecule has 0 spiro atoms. The largest absolute Gasteiger partial charge is 0.494 e. The van der Waals surface area contributed by atoms with Crippen LogP contribution in [0.4, 0.5) is 4.39 Å². The molecule has 0 saturated heterocycles. The average Bonchev–Trinajstić information content (AvgIpc) is 2.32. The van der Waals surface area contributed by atoms with Gasteiger partial charge >= 0.3 is 0 Å². The molecule has 0 bridgehead atoms. The second kappa shape index (κ2) is 5.67. The van der Waals surface area contributed by atoms with E-state index in [-0.39, 0.29) is 17.6 Å². The average molecular weight is 253 g/mol. The van der Waals surface area contributed by atoms with Crippen molar-refractivity contribution in [1.82, 2.24) is 5.32 Å². The highest BCUT2D eigenvalue weighted by Gasteiger charge is 2.29. The van der Waals surface area contributed by atoms with Crippen molar-refractivity contribution >= 4 is 0 Å². The number of rotatable bonds is 5. The van der Waals surface area contributed by atoms with Gasteiger partial charge in [0.25, 0.3) is 0 Å². The molecule has 4 heteroatoms. The summed E-state index contributed by atoms with van der Waals surface area (Å²) in [5.41, 5.74) is 0.939. The molecule has 0 aromatic heterocycles. The Morgan fingerprint density at radius 1 is 1.33 bits per heavy atom. The van der Waals surface area contributed by atoms with Crippen molar-refractivity contribution in [3.8, 4) is 5.75 Å². The van der Waals surface area contributed by atoms with E-state index in [4.69, 9.17) is 9.47 Å². The van der Waals surface area contributed by atoms with Crippen molar-refractivity contribution in [2.75, 3.05) is 14.2 Å². The number of halogens is 1. The van der Waals surface area contributed by atoms with Crippen LogP contribution in [0, 0.1) is 5.82 Å². The lowest BCUT2D eigenvalue weighted by molar-refractivity contribution is 0.0147. The topological polar surface area (TPSA) is 30.5 Å². The summed E-state index contributed by atoms with van der Waals surface area (Å²) < 4.78 is 23.7.